The molecule has 0 bridgehead atoms. The van der Waals surface area contributed by atoms with E-state index in [1.807, 2.05) is 7.05 Å². The lowest BCUT2D eigenvalue weighted by atomic mass is 10.1. The SMILES string of the molecule is CNC1CCN(S(=O)(=O)CC2CC2)CC1. The average molecular weight is 232 g/mol. The molecule has 2 rings (SSSR count). The molecule has 2 fully saturated rings. The molecule has 0 aromatic rings. The van der Waals surface area contributed by atoms with Gasteiger partial charge in [-0.1, -0.05) is 0 Å². The van der Waals surface area contributed by atoms with Crippen molar-refractivity contribution < 1.29 is 8.42 Å². The summed E-state index contributed by atoms with van der Waals surface area (Å²) in [6.07, 6.45) is 4.10. The van der Waals surface area contributed by atoms with Crippen molar-refractivity contribution >= 4 is 10.0 Å². The first-order valence-corrected chi connectivity index (χ1v) is 7.38. The molecule has 0 unspecified atom stereocenters. The molecule has 0 amide bonds. The molecule has 1 aliphatic carbocycles. The fraction of sp³-hybridized carbons (Fsp3) is 1.00. The Labute approximate surface area is 92.1 Å². The van der Waals surface area contributed by atoms with Crippen molar-refractivity contribution in [3.63, 3.8) is 0 Å². The molecule has 15 heavy (non-hydrogen) atoms. The standard InChI is InChI=1S/C10H20N2O2S/c1-11-10-4-6-12(7-5-10)15(13,14)8-9-2-3-9/h9-11H,2-8H2,1H3. The maximum Gasteiger partial charge on any atom is 0.214 e. The van der Waals surface area contributed by atoms with Crippen molar-refractivity contribution in [2.45, 2.75) is 31.7 Å². The van der Waals surface area contributed by atoms with Gasteiger partial charge in [0.25, 0.3) is 0 Å². The molecule has 1 saturated heterocycles. The second kappa shape index (κ2) is 4.39. The minimum atomic E-state index is -2.95. The fourth-order valence-corrected chi connectivity index (χ4v) is 4.02. The topological polar surface area (TPSA) is 49.4 Å². The minimum absolute atomic E-state index is 0.386. The largest absolute Gasteiger partial charge is 0.317 e. The lowest BCUT2D eigenvalue weighted by molar-refractivity contribution is 0.298. The quantitative estimate of drug-likeness (QED) is 0.764. The highest BCUT2D eigenvalue weighted by Gasteiger charge is 2.33. The van der Waals surface area contributed by atoms with Gasteiger partial charge in [0, 0.05) is 19.1 Å². The third kappa shape index (κ3) is 2.92. The molecule has 0 radical (unpaired) electrons. The van der Waals surface area contributed by atoms with Gasteiger partial charge in [-0.15, -0.1) is 0 Å². The molecule has 0 aromatic carbocycles. The van der Waals surface area contributed by atoms with E-state index in [-0.39, 0.29) is 0 Å². The summed E-state index contributed by atoms with van der Waals surface area (Å²) in [6.45, 7) is 1.39. The van der Waals surface area contributed by atoms with Crippen molar-refractivity contribution in [2.75, 3.05) is 25.9 Å². The molecule has 0 atom stereocenters. The average Bonchev–Trinajstić information content (AvgIpc) is 3.01. The summed E-state index contributed by atoms with van der Waals surface area (Å²) < 4.78 is 25.6. The van der Waals surface area contributed by atoms with Crippen LogP contribution >= 0.6 is 0 Å². The molecular formula is C10H20N2O2S. The Morgan fingerprint density at radius 3 is 2.27 bits per heavy atom. The second-order valence-electron chi connectivity index (χ2n) is 4.68. The molecule has 1 heterocycles. The van der Waals surface area contributed by atoms with Crippen molar-refractivity contribution in [3.05, 3.63) is 0 Å². The van der Waals surface area contributed by atoms with Gasteiger partial charge in [-0.3, -0.25) is 0 Å². The lowest BCUT2D eigenvalue weighted by Crippen LogP contribution is -2.44. The van der Waals surface area contributed by atoms with E-state index < -0.39 is 10.0 Å². The van der Waals surface area contributed by atoms with Gasteiger partial charge in [-0.2, -0.15) is 0 Å². The molecule has 0 aromatic heterocycles. The van der Waals surface area contributed by atoms with Crippen LogP contribution < -0.4 is 5.32 Å². The summed E-state index contributed by atoms with van der Waals surface area (Å²) in [4.78, 5) is 0. The number of hydrogen-bond acceptors (Lipinski definition) is 3. The van der Waals surface area contributed by atoms with Gasteiger partial charge in [-0.25, -0.2) is 12.7 Å². The molecule has 1 saturated carbocycles. The zero-order valence-electron chi connectivity index (χ0n) is 9.28. The first-order valence-electron chi connectivity index (χ1n) is 5.77. The van der Waals surface area contributed by atoms with E-state index in [1.54, 1.807) is 4.31 Å². The van der Waals surface area contributed by atoms with Crippen LogP contribution in [0, 0.1) is 5.92 Å². The summed E-state index contributed by atoms with van der Waals surface area (Å²) in [5, 5.41) is 3.21. The van der Waals surface area contributed by atoms with Crippen molar-refractivity contribution in [3.8, 4) is 0 Å². The van der Waals surface area contributed by atoms with Crippen LogP contribution in [0.3, 0.4) is 0 Å². The van der Waals surface area contributed by atoms with Gasteiger partial charge in [0.2, 0.25) is 10.0 Å². The summed E-state index contributed by atoms with van der Waals surface area (Å²) in [5.74, 6) is 0.842. The monoisotopic (exact) mass is 232 g/mol. The van der Waals surface area contributed by atoms with Crippen LogP contribution in [-0.2, 0) is 10.0 Å². The maximum atomic E-state index is 11.9. The molecule has 2 aliphatic rings. The number of nitrogens with one attached hydrogen (secondary N) is 1. The summed E-state index contributed by atoms with van der Waals surface area (Å²) in [6, 6.07) is 0.498. The zero-order valence-corrected chi connectivity index (χ0v) is 10.1. The second-order valence-corrected chi connectivity index (χ2v) is 6.70. The van der Waals surface area contributed by atoms with E-state index in [1.165, 1.54) is 0 Å². The summed E-state index contributed by atoms with van der Waals surface area (Å²) in [7, 11) is -1.00. The van der Waals surface area contributed by atoms with Gasteiger partial charge >= 0.3 is 0 Å². The van der Waals surface area contributed by atoms with Crippen LogP contribution in [0.5, 0.6) is 0 Å². The highest BCUT2D eigenvalue weighted by molar-refractivity contribution is 7.89. The highest BCUT2D eigenvalue weighted by Crippen LogP contribution is 2.31. The third-order valence-electron chi connectivity index (χ3n) is 3.40. The molecule has 1 aliphatic heterocycles. The van der Waals surface area contributed by atoms with Crippen LogP contribution in [0.2, 0.25) is 0 Å². The summed E-state index contributed by atoms with van der Waals surface area (Å²) in [5.41, 5.74) is 0. The molecule has 5 heteroatoms. The molecule has 0 spiro atoms. The Morgan fingerprint density at radius 1 is 1.20 bits per heavy atom. The number of piperidine rings is 1. The van der Waals surface area contributed by atoms with Gasteiger partial charge in [0.05, 0.1) is 5.75 Å². The predicted octanol–water partition coefficient (Wildman–Crippen LogP) is 0.410. The number of nitrogens with zero attached hydrogens (tertiary/aromatic N) is 1. The first-order chi connectivity index (χ1) is 7.12. The number of sulfonamides is 1. The van der Waals surface area contributed by atoms with Gasteiger partial charge < -0.3 is 5.32 Å². The number of hydrogen-bond donors (Lipinski definition) is 1. The van der Waals surface area contributed by atoms with E-state index >= 15 is 0 Å². The third-order valence-corrected chi connectivity index (χ3v) is 5.44. The Morgan fingerprint density at radius 2 is 1.80 bits per heavy atom. The molecule has 88 valence electrons. The highest BCUT2D eigenvalue weighted by atomic mass is 32.2. The lowest BCUT2D eigenvalue weighted by Gasteiger charge is -2.30. The van der Waals surface area contributed by atoms with Crippen LogP contribution in [0.25, 0.3) is 0 Å². The van der Waals surface area contributed by atoms with Crippen molar-refractivity contribution in [2.24, 2.45) is 5.92 Å². The van der Waals surface area contributed by atoms with Crippen LogP contribution in [0.1, 0.15) is 25.7 Å². The Hall–Kier alpha value is -0.130. The van der Waals surface area contributed by atoms with Gasteiger partial charge in [0.15, 0.2) is 0 Å². The van der Waals surface area contributed by atoms with E-state index in [9.17, 15) is 8.42 Å². The van der Waals surface area contributed by atoms with Crippen molar-refractivity contribution in [1.82, 2.24) is 9.62 Å². The van der Waals surface area contributed by atoms with Crippen LogP contribution in [-0.4, -0.2) is 44.7 Å². The Bertz CT molecular complexity index is 303. The molecular weight excluding hydrogens is 212 g/mol. The van der Waals surface area contributed by atoms with E-state index in [0.717, 1.165) is 25.7 Å². The van der Waals surface area contributed by atoms with Gasteiger partial charge in [-0.05, 0) is 38.6 Å². The maximum absolute atomic E-state index is 11.9. The zero-order chi connectivity index (χ0) is 10.9. The minimum Gasteiger partial charge on any atom is -0.317 e. The Kier molecular flexibility index (Phi) is 3.33. The summed E-state index contributed by atoms with van der Waals surface area (Å²) >= 11 is 0. The van der Waals surface area contributed by atoms with E-state index in [0.29, 0.717) is 30.8 Å². The fourth-order valence-electron chi connectivity index (χ4n) is 2.11. The smallest absolute Gasteiger partial charge is 0.214 e. The van der Waals surface area contributed by atoms with Crippen LogP contribution in [0.15, 0.2) is 0 Å². The molecule has 1 N–H and O–H groups in total. The normalized spacial score (nSPS) is 25.7. The van der Waals surface area contributed by atoms with Crippen molar-refractivity contribution in [1.29, 1.82) is 0 Å². The number of rotatable bonds is 4. The van der Waals surface area contributed by atoms with Gasteiger partial charge in [0.1, 0.15) is 0 Å². The van der Waals surface area contributed by atoms with Crippen LogP contribution in [0.4, 0.5) is 0 Å². The van der Waals surface area contributed by atoms with E-state index in [2.05, 4.69) is 5.32 Å². The first kappa shape index (κ1) is 11.4. The predicted molar refractivity (Wildman–Crippen MR) is 60.2 cm³/mol. The Balaban J connectivity index is 1.88. The molecule has 4 nitrogen and oxygen atoms in total. The van der Waals surface area contributed by atoms with E-state index in [4.69, 9.17) is 0 Å².